The number of aromatic nitrogens is 2. The Morgan fingerprint density at radius 2 is 2.12 bits per heavy atom. The molecule has 2 rings (SSSR count). The molecule has 1 unspecified atom stereocenters. The fraction of sp³-hybridized carbons (Fsp3) is 0.308. The Labute approximate surface area is 105 Å². The molecule has 0 saturated carbocycles. The first-order valence-electron chi connectivity index (χ1n) is 5.49. The van der Waals surface area contributed by atoms with E-state index in [1.807, 2.05) is 37.4 Å². The van der Waals surface area contributed by atoms with Crippen LogP contribution in [0.4, 0.5) is 0 Å². The lowest BCUT2D eigenvalue weighted by Gasteiger charge is -2.08. The smallest absolute Gasteiger partial charge is 0.111 e. The van der Waals surface area contributed by atoms with Crippen molar-refractivity contribution in [1.82, 2.24) is 9.97 Å². The van der Waals surface area contributed by atoms with Crippen LogP contribution in [0.15, 0.2) is 29.8 Å². The molecule has 0 aromatic carbocycles. The Hall–Kier alpha value is -1.73. The zero-order chi connectivity index (χ0) is 12.3. The maximum Gasteiger partial charge on any atom is 0.111 e. The molecule has 0 N–H and O–H groups in total. The number of hydrogen-bond acceptors (Lipinski definition) is 4. The molecule has 3 nitrogen and oxygen atoms in total. The molecule has 1 atom stereocenters. The van der Waals surface area contributed by atoms with Crippen LogP contribution >= 0.6 is 11.3 Å². The summed E-state index contributed by atoms with van der Waals surface area (Å²) in [5.74, 6) is 0.153. The van der Waals surface area contributed by atoms with Crippen LogP contribution in [0, 0.1) is 17.2 Å². The van der Waals surface area contributed by atoms with E-state index in [0.717, 1.165) is 16.4 Å². The molecule has 0 spiro atoms. The molecule has 0 fully saturated rings. The van der Waals surface area contributed by atoms with E-state index in [2.05, 4.69) is 16.0 Å². The molecule has 0 aliphatic rings. The number of nitrogens with zero attached hydrogens (tertiary/aromatic N) is 3. The molecule has 0 saturated heterocycles. The summed E-state index contributed by atoms with van der Waals surface area (Å²) >= 11 is 1.53. The second-order valence-corrected chi connectivity index (χ2v) is 5.03. The van der Waals surface area contributed by atoms with E-state index >= 15 is 0 Å². The monoisotopic (exact) mass is 243 g/mol. The van der Waals surface area contributed by atoms with Crippen LogP contribution < -0.4 is 0 Å². The lowest BCUT2D eigenvalue weighted by Crippen LogP contribution is -2.03. The minimum Gasteiger partial charge on any atom is -0.255 e. The highest BCUT2D eigenvalue weighted by Gasteiger charge is 2.19. The van der Waals surface area contributed by atoms with E-state index in [1.54, 1.807) is 6.20 Å². The van der Waals surface area contributed by atoms with Gasteiger partial charge < -0.3 is 0 Å². The van der Waals surface area contributed by atoms with Gasteiger partial charge in [0.15, 0.2) is 0 Å². The normalized spacial score (nSPS) is 12.4. The highest BCUT2D eigenvalue weighted by Crippen LogP contribution is 2.29. The topological polar surface area (TPSA) is 49.6 Å². The number of pyridine rings is 1. The first kappa shape index (κ1) is 11.7. The van der Waals surface area contributed by atoms with E-state index in [4.69, 9.17) is 5.26 Å². The van der Waals surface area contributed by atoms with Crippen molar-refractivity contribution in [3.05, 3.63) is 34.8 Å². The van der Waals surface area contributed by atoms with Crippen molar-refractivity contribution in [2.24, 2.45) is 5.92 Å². The molecule has 2 aromatic heterocycles. The van der Waals surface area contributed by atoms with Crippen molar-refractivity contribution < 1.29 is 0 Å². The van der Waals surface area contributed by atoms with Crippen LogP contribution in [-0.4, -0.2) is 9.97 Å². The predicted molar refractivity (Wildman–Crippen MR) is 68.5 cm³/mol. The fourth-order valence-corrected chi connectivity index (χ4v) is 2.58. The van der Waals surface area contributed by atoms with Gasteiger partial charge in [-0.3, -0.25) is 4.98 Å². The van der Waals surface area contributed by atoms with Crippen molar-refractivity contribution >= 4 is 11.3 Å². The highest BCUT2D eigenvalue weighted by atomic mass is 32.1. The summed E-state index contributed by atoms with van der Waals surface area (Å²) < 4.78 is 0. The fourth-order valence-electron chi connectivity index (χ4n) is 1.55. The summed E-state index contributed by atoms with van der Waals surface area (Å²) in [6, 6.07) is 8.05. The Morgan fingerprint density at radius 1 is 1.29 bits per heavy atom. The first-order valence-corrected chi connectivity index (χ1v) is 6.36. The molecule has 0 aliphatic heterocycles. The average Bonchev–Trinajstić information content (AvgIpc) is 2.80. The molecular weight excluding hydrogens is 230 g/mol. The minimum atomic E-state index is -0.127. The minimum absolute atomic E-state index is 0.127. The van der Waals surface area contributed by atoms with Crippen molar-refractivity contribution in [3.8, 4) is 17.5 Å². The first-order chi connectivity index (χ1) is 8.22. The molecule has 86 valence electrons. The van der Waals surface area contributed by atoms with Gasteiger partial charge in [0.25, 0.3) is 0 Å². The quantitative estimate of drug-likeness (QED) is 0.829. The molecular formula is C13H13N3S. The van der Waals surface area contributed by atoms with E-state index < -0.39 is 0 Å². The Balaban J connectivity index is 2.31. The van der Waals surface area contributed by atoms with E-state index in [9.17, 15) is 0 Å². The SMILES string of the molecule is CC(C)C(C#N)c1nc(-c2ccccn2)cs1. The third kappa shape index (κ3) is 2.51. The van der Waals surface area contributed by atoms with Gasteiger partial charge in [0.05, 0.1) is 17.5 Å². The molecule has 4 heteroatoms. The molecule has 0 aliphatic carbocycles. The average molecular weight is 243 g/mol. The Kier molecular flexibility index (Phi) is 3.50. The molecule has 2 heterocycles. The van der Waals surface area contributed by atoms with Crippen molar-refractivity contribution in [1.29, 1.82) is 5.26 Å². The third-order valence-corrected chi connectivity index (χ3v) is 3.45. The van der Waals surface area contributed by atoms with Crippen molar-refractivity contribution in [2.75, 3.05) is 0 Å². The third-order valence-electron chi connectivity index (χ3n) is 2.52. The highest BCUT2D eigenvalue weighted by molar-refractivity contribution is 7.10. The Bertz CT molecular complexity index is 525. The number of thiazole rings is 1. The van der Waals surface area contributed by atoms with E-state index in [-0.39, 0.29) is 11.8 Å². The number of nitriles is 1. The second-order valence-electron chi connectivity index (χ2n) is 4.14. The summed E-state index contributed by atoms with van der Waals surface area (Å²) in [4.78, 5) is 8.76. The largest absolute Gasteiger partial charge is 0.255 e. The van der Waals surface area contributed by atoms with E-state index in [1.165, 1.54) is 11.3 Å². The molecule has 17 heavy (non-hydrogen) atoms. The van der Waals surface area contributed by atoms with Crippen LogP contribution in [-0.2, 0) is 0 Å². The van der Waals surface area contributed by atoms with Crippen LogP contribution in [0.1, 0.15) is 24.8 Å². The summed E-state index contributed by atoms with van der Waals surface area (Å²) in [5.41, 5.74) is 1.71. The van der Waals surface area contributed by atoms with Crippen LogP contribution in [0.2, 0.25) is 0 Å². The van der Waals surface area contributed by atoms with Crippen molar-refractivity contribution in [2.45, 2.75) is 19.8 Å². The summed E-state index contributed by atoms with van der Waals surface area (Å²) in [6.07, 6.45) is 1.75. The van der Waals surface area contributed by atoms with Gasteiger partial charge in [-0.1, -0.05) is 19.9 Å². The second kappa shape index (κ2) is 5.07. The number of rotatable bonds is 3. The van der Waals surface area contributed by atoms with Crippen LogP contribution in [0.25, 0.3) is 11.4 Å². The Morgan fingerprint density at radius 3 is 2.71 bits per heavy atom. The van der Waals surface area contributed by atoms with Gasteiger partial charge in [-0.2, -0.15) is 5.26 Å². The maximum atomic E-state index is 9.13. The van der Waals surface area contributed by atoms with Gasteiger partial charge in [-0.05, 0) is 18.1 Å². The van der Waals surface area contributed by atoms with E-state index in [0.29, 0.717) is 0 Å². The van der Waals surface area contributed by atoms with Crippen molar-refractivity contribution in [3.63, 3.8) is 0 Å². The van der Waals surface area contributed by atoms with Gasteiger partial charge in [-0.15, -0.1) is 11.3 Å². The molecule has 0 radical (unpaired) electrons. The lowest BCUT2D eigenvalue weighted by molar-refractivity contribution is 0.585. The van der Waals surface area contributed by atoms with Gasteiger partial charge in [0.2, 0.25) is 0 Å². The predicted octanol–water partition coefficient (Wildman–Crippen LogP) is 3.47. The molecule has 0 amide bonds. The van der Waals surface area contributed by atoms with Crippen LogP contribution in [0.3, 0.4) is 0 Å². The van der Waals surface area contributed by atoms with Gasteiger partial charge in [0, 0.05) is 11.6 Å². The standard InChI is InChI=1S/C13H13N3S/c1-9(2)10(7-14)13-16-12(8-17-13)11-5-3-4-6-15-11/h3-6,8-10H,1-2H3. The zero-order valence-corrected chi connectivity index (χ0v) is 10.6. The van der Waals surface area contributed by atoms with Crippen LogP contribution in [0.5, 0.6) is 0 Å². The lowest BCUT2D eigenvalue weighted by atomic mass is 9.98. The summed E-state index contributed by atoms with van der Waals surface area (Å²) in [6.45, 7) is 4.07. The maximum absolute atomic E-state index is 9.13. The van der Waals surface area contributed by atoms with Gasteiger partial charge >= 0.3 is 0 Å². The summed E-state index contributed by atoms with van der Waals surface area (Å²) in [7, 11) is 0. The summed E-state index contributed by atoms with van der Waals surface area (Å²) in [5, 5.41) is 12.0. The zero-order valence-electron chi connectivity index (χ0n) is 9.79. The van der Waals surface area contributed by atoms with Gasteiger partial charge in [0.1, 0.15) is 10.9 Å². The molecule has 0 bridgehead atoms. The number of hydrogen-bond donors (Lipinski definition) is 0. The van der Waals surface area contributed by atoms with Gasteiger partial charge in [-0.25, -0.2) is 4.98 Å². The molecule has 2 aromatic rings.